The second kappa shape index (κ2) is 12.4. The van der Waals surface area contributed by atoms with E-state index in [1.807, 2.05) is 12.1 Å². The SMILES string of the molecule is CCNC(=NCC(c1ccc(OC)cc1)N(C)C)N(C)CC1CCOC1.I. The van der Waals surface area contributed by atoms with Gasteiger partial charge in [0.05, 0.1) is 26.3 Å². The second-order valence-corrected chi connectivity index (χ2v) is 7.06. The maximum absolute atomic E-state index is 5.50. The van der Waals surface area contributed by atoms with Crippen molar-refractivity contribution in [2.75, 3.05) is 61.1 Å². The number of hydrogen-bond acceptors (Lipinski definition) is 4. The number of likely N-dealkylation sites (N-methyl/N-ethyl adjacent to an activating group) is 1. The van der Waals surface area contributed by atoms with Gasteiger partial charge in [-0.2, -0.15) is 0 Å². The number of halogens is 1. The number of benzene rings is 1. The first-order chi connectivity index (χ1) is 12.5. The molecule has 0 aliphatic carbocycles. The maximum atomic E-state index is 5.50. The van der Waals surface area contributed by atoms with Crippen LogP contribution in [0, 0.1) is 5.92 Å². The first-order valence-electron chi connectivity index (χ1n) is 9.42. The Morgan fingerprint density at radius 1 is 1.30 bits per heavy atom. The Morgan fingerprint density at radius 2 is 2.00 bits per heavy atom. The van der Waals surface area contributed by atoms with Gasteiger partial charge < -0.3 is 24.6 Å². The fourth-order valence-corrected chi connectivity index (χ4v) is 3.24. The van der Waals surface area contributed by atoms with Crippen molar-refractivity contribution in [3.05, 3.63) is 29.8 Å². The van der Waals surface area contributed by atoms with Gasteiger partial charge in [0.15, 0.2) is 5.96 Å². The molecule has 1 aliphatic heterocycles. The summed E-state index contributed by atoms with van der Waals surface area (Å²) in [6.07, 6.45) is 1.13. The average molecular weight is 490 g/mol. The summed E-state index contributed by atoms with van der Waals surface area (Å²) in [6.45, 7) is 6.38. The molecular formula is C20H35IN4O2. The van der Waals surface area contributed by atoms with Crippen LogP contribution in [-0.2, 0) is 4.74 Å². The molecule has 0 saturated carbocycles. The van der Waals surface area contributed by atoms with Gasteiger partial charge in [-0.25, -0.2) is 0 Å². The van der Waals surface area contributed by atoms with Gasteiger partial charge in [-0.1, -0.05) is 12.1 Å². The molecule has 0 radical (unpaired) electrons. The fourth-order valence-electron chi connectivity index (χ4n) is 3.24. The van der Waals surface area contributed by atoms with Crippen LogP contribution in [0.15, 0.2) is 29.3 Å². The summed E-state index contributed by atoms with van der Waals surface area (Å²) in [6, 6.07) is 8.47. The third kappa shape index (κ3) is 7.46. The molecule has 2 unspecified atom stereocenters. The maximum Gasteiger partial charge on any atom is 0.193 e. The highest BCUT2D eigenvalue weighted by Gasteiger charge is 2.20. The van der Waals surface area contributed by atoms with E-state index in [0.29, 0.717) is 12.5 Å². The molecular weight excluding hydrogens is 455 g/mol. The van der Waals surface area contributed by atoms with Gasteiger partial charge in [-0.05, 0) is 45.1 Å². The van der Waals surface area contributed by atoms with Gasteiger partial charge in [-0.15, -0.1) is 24.0 Å². The van der Waals surface area contributed by atoms with Crippen LogP contribution in [0.25, 0.3) is 0 Å². The molecule has 0 aromatic heterocycles. The molecule has 7 heteroatoms. The molecule has 2 rings (SSSR count). The minimum absolute atomic E-state index is 0. The third-order valence-corrected chi connectivity index (χ3v) is 4.79. The van der Waals surface area contributed by atoms with E-state index >= 15 is 0 Å². The van der Waals surface area contributed by atoms with Crippen molar-refractivity contribution in [3.8, 4) is 5.75 Å². The highest BCUT2D eigenvalue weighted by atomic mass is 127. The van der Waals surface area contributed by atoms with E-state index in [9.17, 15) is 0 Å². The van der Waals surface area contributed by atoms with E-state index in [1.165, 1.54) is 5.56 Å². The normalized spacial score (nSPS) is 18.1. The van der Waals surface area contributed by atoms with Crippen LogP contribution in [0.1, 0.15) is 24.9 Å². The molecule has 1 saturated heterocycles. The second-order valence-electron chi connectivity index (χ2n) is 7.06. The average Bonchev–Trinajstić information content (AvgIpc) is 3.14. The van der Waals surface area contributed by atoms with E-state index in [2.05, 4.69) is 55.3 Å². The lowest BCUT2D eigenvalue weighted by Gasteiger charge is -2.27. The molecule has 2 atom stereocenters. The van der Waals surface area contributed by atoms with Gasteiger partial charge in [-0.3, -0.25) is 4.99 Å². The number of guanidine groups is 1. The largest absolute Gasteiger partial charge is 0.497 e. The van der Waals surface area contributed by atoms with E-state index in [-0.39, 0.29) is 30.0 Å². The molecule has 154 valence electrons. The molecule has 1 aromatic carbocycles. The zero-order valence-corrected chi connectivity index (χ0v) is 19.6. The minimum Gasteiger partial charge on any atom is -0.497 e. The van der Waals surface area contributed by atoms with Crippen LogP contribution in [-0.4, -0.2) is 76.9 Å². The summed E-state index contributed by atoms with van der Waals surface area (Å²) in [5.41, 5.74) is 1.24. The number of nitrogens with one attached hydrogen (secondary N) is 1. The zero-order valence-electron chi connectivity index (χ0n) is 17.3. The van der Waals surface area contributed by atoms with Gasteiger partial charge in [0.1, 0.15) is 5.75 Å². The Kier molecular flexibility index (Phi) is 11.0. The Morgan fingerprint density at radius 3 is 2.52 bits per heavy atom. The van der Waals surface area contributed by atoms with Crippen molar-refractivity contribution >= 4 is 29.9 Å². The lowest BCUT2D eigenvalue weighted by atomic mass is 10.1. The van der Waals surface area contributed by atoms with E-state index in [4.69, 9.17) is 14.5 Å². The molecule has 0 spiro atoms. The predicted octanol–water partition coefficient (Wildman–Crippen LogP) is 2.85. The highest BCUT2D eigenvalue weighted by molar-refractivity contribution is 14.0. The van der Waals surface area contributed by atoms with Gasteiger partial charge in [0.2, 0.25) is 0 Å². The Balaban J connectivity index is 0.00000364. The van der Waals surface area contributed by atoms with Crippen molar-refractivity contribution in [3.63, 3.8) is 0 Å². The number of methoxy groups -OCH3 is 1. The third-order valence-electron chi connectivity index (χ3n) is 4.79. The van der Waals surface area contributed by atoms with Crippen molar-refractivity contribution in [1.29, 1.82) is 0 Å². The van der Waals surface area contributed by atoms with Crippen molar-refractivity contribution < 1.29 is 9.47 Å². The summed E-state index contributed by atoms with van der Waals surface area (Å²) in [7, 11) is 7.99. The lowest BCUT2D eigenvalue weighted by Crippen LogP contribution is -2.42. The van der Waals surface area contributed by atoms with E-state index in [1.54, 1.807) is 7.11 Å². The van der Waals surface area contributed by atoms with Crippen molar-refractivity contribution in [2.24, 2.45) is 10.9 Å². The molecule has 1 fully saturated rings. The molecule has 0 bridgehead atoms. The minimum atomic E-state index is 0. The van der Waals surface area contributed by atoms with Crippen LogP contribution >= 0.6 is 24.0 Å². The topological polar surface area (TPSA) is 49.3 Å². The predicted molar refractivity (Wildman–Crippen MR) is 122 cm³/mol. The van der Waals surface area contributed by atoms with Gasteiger partial charge in [0.25, 0.3) is 0 Å². The van der Waals surface area contributed by atoms with Crippen LogP contribution < -0.4 is 10.1 Å². The summed E-state index contributed by atoms with van der Waals surface area (Å²) in [5, 5.41) is 3.42. The standard InChI is InChI=1S/C20H34N4O2.HI/c1-6-21-20(24(4)14-16-11-12-26-15-16)22-13-19(23(2)3)17-7-9-18(25-5)10-8-17;/h7-10,16,19H,6,11-15H2,1-5H3,(H,21,22);1H. The summed E-state index contributed by atoms with van der Waals surface area (Å²) in [4.78, 5) is 9.35. The monoisotopic (exact) mass is 490 g/mol. The number of rotatable bonds is 8. The molecule has 1 heterocycles. The summed E-state index contributed by atoms with van der Waals surface area (Å²) >= 11 is 0. The lowest BCUT2D eigenvalue weighted by molar-refractivity contribution is 0.181. The quantitative estimate of drug-likeness (QED) is 0.345. The molecule has 1 aromatic rings. The van der Waals surface area contributed by atoms with Crippen LogP contribution in [0.4, 0.5) is 0 Å². The van der Waals surface area contributed by atoms with Crippen LogP contribution in [0.2, 0.25) is 0 Å². The molecule has 1 aliphatic rings. The molecule has 6 nitrogen and oxygen atoms in total. The van der Waals surface area contributed by atoms with Gasteiger partial charge >= 0.3 is 0 Å². The number of hydrogen-bond donors (Lipinski definition) is 1. The van der Waals surface area contributed by atoms with E-state index < -0.39 is 0 Å². The Bertz CT molecular complexity index is 560. The van der Waals surface area contributed by atoms with Crippen LogP contribution in [0.5, 0.6) is 5.75 Å². The highest BCUT2D eigenvalue weighted by Crippen LogP contribution is 2.22. The molecule has 1 N–H and O–H groups in total. The Hall–Kier alpha value is -1.06. The number of ether oxygens (including phenoxy) is 2. The molecule has 27 heavy (non-hydrogen) atoms. The first kappa shape index (κ1) is 24.0. The van der Waals surface area contributed by atoms with Gasteiger partial charge in [0, 0.05) is 32.7 Å². The van der Waals surface area contributed by atoms with Crippen molar-refractivity contribution in [2.45, 2.75) is 19.4 Å². The van der Waals surface area contributed by atoms with Crippen LogP contribution in [0.3, 0.4) is 0 Å². The number of nitrogens with zero attached hydrogens (tertiary/aromatic N) is 3. The summed E-state index contributed by atoms with van der Waals surface area (Å²) in [5.74, 6) is 2.43. The van der Waals surface area contributed by atoms with E-state index in [0.717, 1.165) is 44.4 Å². The number of aliphatic imine (C=N–C) groups is 1. The fraction of sp³-hybridized carbons (Fsp3) is 0.650. The zero-order chi connectivity index (χ0) is 18.9. The Labute approximate surface area is 181 Å². The first-order valence-corrected chi connectivity index (χ1v) is 9.42. The van der Waals surface area contributed by atoms with Crippen molar-refractivity contribution in [1.82, 2.24) is 15.1 Å². The smallest absolute Gasteiger partial charge is 0.193 e. The molecule has 0 amide bonds. The summed E-state index contributed by atoms with van der Waals surface area (Å²) < 4.78 is 10.8.